The van der Waals surface area contributed by atoms with Gasteiger partial charge in [0.1, 0.15) is 11.6 Å². The molecule has 2 aromatic rings. The number of nitrogens with two attached hydrogens (primary N) is 1. The topological polar surface area (TPSA) is 38.5 Å². The Morgan fingerprint density at radius 1 is 1.20 bits per heavy atom. The van der Waals surface area contributed by atoms with Gasteiger partial charge >= 0.3 is 0 Å². The Bertz CT molecular complexity index is 615. The highest BCUT2D eigenvalue weighted by Crippen LogP contribution is 2.36. The normalized spacial score (nSPS) is 14.4. The van der Waals surface area contributed by atoms with E-state index in [1.807, 2.05) is 30.3 Å². The van der Waals surface area contributed by atoms with E-state index in [0.29, 0.717) is 13.2 Å². The van der Waals surface area contributed by atoms with Crippen molar-refractivity contribution in [1.82, 2.24) is 0 Å². The number of fused-ring (bicyclic) bond motifs is 1. The van der Waals surface area contributed by atoms with Crippen molar-refractivity contribution in [2.75, 3.05) is 18.1 Å². The minimum atomic E-state index is -0.259. The third kappa shape index (κ3) is 2.47. The smallest absolute Gasteiger partial charge is 0.142 e. The highest BCUT2D eigenvalue weighted by molar-refractivity contribution is 5.70. The second-order valence-corrected chi connectivity index (χ2v) is 4.84. The summed E-state index contributed by atoms with van der Waals surface area (Å²) in [7, 11) is 0. The Labute approximate surface area is 117 Å². The van der Waals surface area contributed by atoms with Crippen LogP contribution in [0.15, 0.2) is 42.5 Å². The molecule has 1 aliphatic heterocycles. The van der Waals surface area contributed by atoms with Crippen LogP contribution in [0.25, 0.3) is 0 Å². The fourth-order valence-corrected chi connectivity index (χ4v) is 2.50. The van der Waals surface area contributed by atoms with E-state index in [4.69, 9.17) is 10.5 Å². The zero-order chi connectivity index (χ0) is 13.9. The highest BCUT2D eigenvalue weighted by atomic mass is 19.1. The average Bonchev–Trinajstić information content (AvgIpc) is 2.69. The van der Waals surface area contributed by atoms with Gasteiger partial charge in [-0.25, -0.2) is 4.39 Å². The maximum absolute atomic E-state index is 13.7. The molecule has 0 aliphatic carbocycles. The van der Waals surface area contributed by atoms with Gasteiger partial charge in [-0.15, -0.1) is 0 Å². The molecule has 3 nitrogen and oxygen atoms in total. The molecule has 0 radical (unpaired) electrons. The lowest BCUT2D eigenvalue weighted by Crippen LogP contribution is -2.18. The molecule has 4 heteroatoms. The quantitative estimate of drug-likeness (QED) is 0.912. The molecule has 20 heavy (non-hydrogen) atoms. The Hall–Kier alpha value is -2.07. The SMILES string of the molecule is NCc1cc(F)cc(N2CCCOc3ccccc32)c1. The first-order chi connectivity index (χ1) is 9.78. The van der Waals surface area contributed by atoms with Gasteiger partial charge in [0.05, 0.1) is 12.3 Å². The zero-order valence-corrected chi connectivity index (χ0v) is 11.2. The van der Waals surface area contributed by atoms with Crippen molar-refractivity contribution in [2.45, 2.75) is 13.0 Å². The molecule has 1 aliphatic rings. The van der Waals surface area contributed by atoms with E-state index >= 15 is 0 Å². The monoisotopic (exact) mass is 272 g/mol. The van der Waals surface area contributed by atoms with Gasteiger partial charge < -0.3 is 15.4 Å². The Morgan fingerprint density at radius 2 is 2.05 bits per heavy atom. The van der Waals surface area contributed by atoms with Crippen LogP contribution in [-0.4, -0.2) is 13.2 Å². The lowest BCUT2D eigenvalue weighted by Gasteiger charge is -2.24. The summed E-state index contributed by atoms with van der Waals surface area (Å²) in [4.78, 5) is 2.09. The Morgan fingerprint density at radius 3 is 2.90 bits per heavy atom. The van der Waals surface area contributed by atoms with Gasteiger partial charge in [0.2, 0.25) is 0 Å². The van der Waals surface area contributed by atoms with Gasteiger partial charge in [0.25, 0.3) is 0 Å². The van der Waals surface area contributed by atoms with E-state index in [2.05, 4.69) is 4.90 Å². The van der Waals surface area contributed by atoms with Gasteiger partial charge in [-0.2, -0.15) is 0 Å². The molecular formula is C16H17FN2O. The Kier molecular flexibility index (Phi) is 3.56. The molecule has 3 rings (SSSR count). The molecule has 0 fully saturated rings. The summed E-state index contributed by atoms with van der Waals surface area (Å²) in [5.41, 5.74) is 8.22. The van der Waals surface area contributed by atoms with Gasteiger partial charge in [-0.1, -0.05) is 12.1 Å². The minimum Gasteiger partial charge on any atom is -0.491 e. The molecule has 0 spiro atoms. The predicted octanol–water partition coefficient (Wildman–Crippen LogP) is 3.21. The molecule has 0 aromatic heterocycles. The largest absolute Gasteiger partial charge is 0.491 e. The van der Waals surface area contributed by atoms with Crippen LogP contribution in [0.2, 0.25) is 0 Å². The van der Waals surface area contributed by atoms with E-state index < -0.39 is 0 Å². The zero-order valence-electron chi connectivity index (χ0n) is 11.2. The van der Waals surface area contributed by atoms with E-state index in [9.17, 15) is 4.39 Å². The van der Waals surface area contributed by atoms with Crippen molar-refractivity contribution < 1.29 is 9.13 Å². The number of anilines is 2. The van der Waals surface area contributed by atoms with Crippen molar-refractivity contribution in [3.05, 3.63) is 53.8 Å². The van der Waals surface area contributed by atoms with E-state index in [0.717, 1.165) is 35.7 Å². The standard InChI is InChI=1S/C16H17FN2O/c17-13-8-12(11-18)9-14(10-13)19-6-3-7-20-16-5-2-1-4-15(16)19/h1-2,4-5,8-10H,3,6-7,11,18H2. The lowest BCUT2D eigenvalue weighted by atomic mass is 10.1. The summed E-state index contributed by atoms with van der Waals surface area (Å²) in [6.07, 6.45) is 0.892. The van der Waals surface area contributed by atoms with E-state index in [1.165, 1.54) is 6.07 Å². The maximum Gasteiger partial charge on any atom is 0.142 e. The Balaban J connectivity index is 2.07. The summed E-state index contributed by atoms with van der Waals surface area (Å²) < 4.78 is 19.5. The van der Waals surface area contributed by atoms with Gasteiger partial charge in [0.15, 0.2) is 0 Å². The highest BCUT2D eigenvalue weighted by Gasteiger charge is 2.18. The van der Waals surface area contributed by atoms with Crippen LogP contribution in [0.5, 0.6) is 5.75 Å². The predicted molar refractivity (Wildman–Crippen MR) is 77.9 cm³/mol. The first-order valence-corrected chi connectivity index (χ1v) is 6.77. The average molecular weight is 272 g/mol. The summed E-state index contributed by atoms with van der Waals surface area (Å²) in [5.74, 6) is 0.578. The number of ether oxygens (including phenoxy) is 1. The number of halogens is 1. The van der Waals surface area contributed by atoms with Crippen LogP contribution in [0.4, 0.5) is 15.8 Å². The molecule has 2 N–H and O–H groups in total. The number of nitrogens with zero attached hydrogens (tertiary/aromatic N) is 1. The number of para-hydroxylation sites is 2. The molecule has 0 unspecified atom stereocenters. The molecule has 104 valence electrons. The first-order valence-electron chi connectivity index (χ1n) is 6.77. The summed E-state index contributed by atoms with van der Waals surface area (Å²) in [5, 5.41) is 0. The van der Waals surface area contributed by atoms with Gasteiger partial charge in [-0.05, 0) is 42.3 Å². The van der Waals surface area contributed by atoms with E-state index in [-0.39, 0.29) is 5.82 Å². The summed E-state index contributed by atoms with van der Waals surface area (Å²) in [6.45, 7) is 1.80. The van der Waals surface area contributed by atoms with Crippen LogP contribution in [0, 0.1) is 5.82 Å². The third-order valence-corrected chi connectivity index (χ3v) is 3.43. The van der Waals surface area contributed by atoms with Crippen LogP contribution in [0.1, 0.15) is 12.0 Å². The van der Waals surface area contributed by atoms with Crippen molar-refractivity contribution in [3.8, 4) is 5.75 Å². The number of hydrogen-bond acceptors (Lipinski definition) is 3. The maximum atomic E-state index is 13.7. The number of hydrogen-bond donors (Lipinski definition) is 1. The third-order valence-electron chi connectivity index (χ3n) is 3.43. The minimum absolute atomic E-state index is 0.259. The van der Waals surface area contributed by atoms with Crippen molar-refractivity contribution >= 4 is 11.4 Å². The molecule has 0 bridgehead atoms. The van der Waals surface area contributed by atoms with Crippen LogP contribution in [-0.2, 0) is 6.54 Å². The molecule has 2 aromatic carbocycles. The van der Waals surface area contributed by atoms with Crippen LogP contribution in [0.3, 0.4) is 0 Å². The fraction of sp³-hybridized carbons (Fsp3) is 0.250. The summed E-state index contributed by atoms with van der Waals surface area (Å²) >= 11 is 0. The van der Waals surface area contributed by atoms with Gasteiger partial charge in [0, 0.05) is 18.8 Å². The van der Waals surface area contributed by atoms with Crippen LogP contribution >= 0.6 is 0 Å². The van der Waals surface area contributed by atoms with Crippen LogP contribution < -0.4 is 15.4 Å². The number of benzene rings is 2. The van der Waals surface area contributed by atoms with Crippen molar-refractivity contribution in [2.24, 2.45) is 5.73 Å². The van der Waals surface area contributed by atoms with Gasteiger partial charge in [-0.3, -0.25) is 0 Å². The molecule has 0 atom stereocenters. The first kappa shape index (κ1) is 12.9. The van der Waals surface area contributed by atoms with Crippen molar-refractivity contribution in [1.29, 1.82) is 0 Å². The number of rotatable bonds is 2. The molecule has 0 saturated heterocycles. The van der Waals surface area contributed by atoms with E-state index in [1.54, 1.807) is 6.07 Å². The molecular weight excluding hydrogens is 255 g/mol. The summed E-state index contributed by atoms with van der Waals surface area (Å²) in [6, 6.07) is 12.8. The fourth-order valence-electron chi connectivity index (χ4n) is 2.50. The molecule has 1 heterocycles. The second-order valence-electron chi connectivity index (χ2n) is 4.84. The molecule has 0 saturated carbocycles. The second kappa shape index (κ2) is 5.51. The molecule has 0 amide bonds. The van der Waals surface area contributed by atoms with Crippen molar-refractivity contribution in [3.63, 3.8) is 0 Å². The lowest BCUT2D eigenvalue weighted by molar-refractivity contribution is 0.322.